The van der Waals surface area contributed by atoms with Crippen molar-refractivity contribution in [3.05, 3.63) is 44.8 Å². The van der Waals surface area contributed by atoms with Crippen LogP contribution in [0.3, 0.4) is 0 Å². The molecule has 0 spiro atoms. The summed E-state index contributed by atoms with van der Waals surface area (Å²) in [5, 5.41) is 8.50. The lowest BCUT2D eigenvalue weighted by molar-refractivity contribution is -0.138. The van der Waals surface area contributed by atoms with Gasteiger partial charge in [0.1, 0.15) is 17.6 Å². The molecule has 8 nitrogen and oxygen atoms in total. The summed E-state index contributed by atoms with van der Waals surface area (Å²) in [5.41, 5.74) is -1.83. The van der Waals surface area contributed by atoms with Crippen molar-refractivity contribution in [2.24, 2.45) is 0 Å². The van der Waals surface area contributed by atoms with Crippen molar-refractivity contribution in [3.8, 4) is 6.07 Å². The third-order valence-electron chi connectivity index (χ3n) is 4.42. The molecule has 0 aliphatic carbocycles. The van der Waals surface area contributed by atoms with Crippen molar-refractivity contribution >= 4 is 23.4 Å². The zero-order valence-electron chi connectivity index (χ0n) is 15.2. The normalized spacial score (nSPS) is 14.8. The number of nitriles is 1. The Morgan fingerprint density at radius 2 is 2.00 bits per heavy atom. The Labute approximate surface area is 167 Å². The van der Waals surface area contributed by atoms with Crippen molar-refractivity contribution in [1.29, 1.82) is 5.26 Å². The van der Waals surface area contributed by atoms with Gasteiger partial charge in [0.2, 0.25) is 17.5 Å². The fourth-order valence-electron chi connectivity index (χ4n) is 2.98. The lowest BCUT2D eigenvalue weighted by Gasteiger charge is -2.34. The predicted octanol–water partition coefficient (Wildman–Crippen LogP) is 2.04. The van der Waals surface area contributed by atoms with E-state index in [4.69, 9.17) is 21.3 Å². The van der Waals surface area contributed by atoms with Gasteiger partial charge in [0.15, 0.2) is 5.89 Å². The van der Waals surface area contributed by atoms with Gasteiger partial charge in [0.25, 0.3) is 5.56 Å². The van der Waals surface area contributed by atoms with E-state index < -0.39 is 34.8 Å². The first-order valence-electron chi connectivity index (χ1n) is 8.47. The topological polar surface area (TPSA) is 95.4 Å². The van der Waals surface area contributed by atoms with Gasteiger partial charge in [-0.1, -0.05) is 11.6 Å². The number of carbonyl (C=O) groups is 1. The molecular weight excluding hydrogens is 415 g/mol. The van der Waals surface area contributed by atoms with Crippen LogP contribution in [0.1, 0.15) is 17.1 Å². The number of aromatic nitrogens is 2. The largest absolute Gasteiger partial charge is 0.424 e. The second kappa shape index (κ2) is 7.79. The molecule has 12 heteroatoms. The van der Waals surface area contributed by atoms with Crippen molar-refractivity contribution < 1.29 is 22.4 Å². The van der Waals surface area contributed by atoms with E-state index in [0.29, 0.717) is 41.7 Å². The molecule has 2 aromatic rings. The van der Waals surface area contributed by atoms with Gasteiger partial charge < -0.3 is 18.8 Å². The molecule has 1 saturated heterocycles. The van der Waals surface area contributed by atoms with Crippen LogP contribution >= 0.6 is 11.6 Å². The molecule has 0 aromatic carbocycles. The molecule has 0 saturated carbocycles. The van der Waals surface area contributed by atoms with E-state index in [1.807, 2.05) is 6.07 Å². The maximum Gasteiger partial charge on any atom is 0.417 e. The van der Waals surface area contributed by atoms with Crippen molar-refractivity contribution in [1.82, 2.24) is 14.5 Å². The quantitative estimate of drug-likeness (QED) is 0.741. The molecule has 0 bridgehead atoms. The molecule has 1 aliphatic heterocycles. The highest BCUT2D eigenvalue weighted by Crippen LogP contribution is 2.29. The maximum atomic E-state index is 12.9. The van der Waals surface area contributed by atoms with E-state index in [9.17, 15) is 22.8 Å². The number of hydrogen-bond acceptors (Lipinski definition) is 6. The van der Waals surface area contributed by atoms with Crippen LogP contribution in [0.25, 0.3) is 0 Å². The monoisotopic (exact) mass is 429 g/mol. The van der Waals surface area contributed by atoms with Crippen LogP contribution in [0.4, 0.5) is 19.1 Å². The van der Waals surface area contributed by atoms with Gasteiger partial charge in [-0.05, 0) is 6.07 Å². The fourth-order valence-corrected chi connectivity index (χ4v) is 3.21. The zero-order chi connectivity index (χ0) is 21.3. The summed E-state index contributed by atoms with van der Waals surface area (Å²) in [6, 6.07) is 2.48. The van der Waals surface area contributed by atoms with Crippen LogP contribution in [0.15, 0.2) is 21.5 Å². The van der Waals surface area contributed by atoms with Gasteiger partial charge in [-0.25, -0.2) is 4.98 Å². The molecule has 29 heavy (non-hydrogen) atoms. The SMILES string of the molecule is Cc1nc(C#N)c(N2CCN(C(=O)Cn3cc(C(F)(F)F)cc(Cl)c3=O)CC2)o1. The highest BCUT2D eigenvalue weighted by molar-refractivity contribution is 6.30. The van der Waals surface area contributed by atoms with Crippen LogP contribution in [-0.4, -0.2) is 46.5 Å². The standard InChI is InChI=1S/C17H15ClF3N5O3/c1-10-23-13(7-22)16(29-10)25-4-2-24(3-5-25)14(27)9-26-8-11(17(19,20)21)6-12(18)15(26)28/h6,8H,2-5,9H2,1H3. The van der Waals surface area contributed by atoms with Gasteiger partial charge in [-0.2, -0.15) is 18.4 Å². The minimum Gasteiger partial charge on any atom is -0.424 e. The third kappa shape index (κ3) is 4.37. The number of carbonyl (C=O) groups excluding carboxylic acids is 1. The van der Waals surface area contributed by atoms with Gasteiger partial charge >= 0.3 is 6.18 Å². The molecule has 0 radical (unpaired) electrons. The number of nitrogens with zero attached hydrogens (tertiary/aromatic N) is 5. The van der Waals surface area contributed by atoms with Gasteiger partial charge in [-0.15, -0.1) is 0 Å². The average Bonchev–Trinajstić information content (AvgIpc) is 3.05. The zero-order valence-corrected chi connectivity index (χ0v) is 15.9. The van der Waals surface area contributed by atoms with E-state index in [1.54, 1.807) is 11.8 Å². The molecule has 1 amide bonds. The van der Waals surface area contributed by atoms with Crippen molar-refractivity contribution in [3.63, 3.8) is 0 Å². The van der Waals surface area contributed by atoms with Gasteiger partial charge in [-0.3, -0.25) is 9.59 Å². The van der Waals surface area contributed by atoms with Crippen LogP contribution in [0.5, 0.6) is 0 Å². The summed E-state index contributed by atoms with van der Waals surface area (Å²) in [7, 11) is 0. The molecule has 1 fully saturated rings. The molecule has 0 atom stereocenters. The number of piperazine rings is 1. The van der Waals surface area contributed by atoms with Crippen molar-refractivity contribution in [2.45, 2.75) is 19.6 Å². The summed E-state index contributed by atoms with van der Waals surface area (Å²) >= 11 is 5.60. The number of alkyl halides is 3. The van der Waals surface area contributed by atoms with Crippen LogP contribution in [-0.2, 0) is 17.5 Å². The number of pyridine rings is 1. The van der Waals surface area contributed by atoms with E-state index in [-0.39, 0.29) is 18.8 Å². The van der Waals surface area contributed by atoms with Crippen molar-refractivity contribution in [2.75, 3.05) is 31.1 Å². The summed E-state index contributed by atoms with van der Waals surface area (Å²) in [6.45, 7) is 2.21. The molecule has 3 rings (SSSR count). The summed E-state index contributed by atoms with van der Waals surface area (Å²) in [6.07, 6.45) is -4.11. The molecule has 0 unspecified atom stereocenters. The van der Waals surface area contributed by atoms with E-state index in [2.05, 4.69) is 4.98 Å². The Balaban J connectivity index is 1.70. The first-order valence-corrected chi connectivity index (χ1v) is 8.85. The third-order valence-corrected chi connectivity index (χ3v) is 4.69. The Hall–Kier alpha value is -3.00. The number of halogens is 4. The Bertz CT molecular complexity index is 1030. The Morgan fingerprint density at radius 3 is 2.59 bits per heavy atom. The van der Waals surface area contributed by atoms with E-state index in [0.717, 1.165) is 0 Å². The molecule has 0 N–H and O–H groups in total. The average molecular weight is 430 g/mol. The highest BCUT2D eigenvalue weighted by atomic mass is 35.5. The number of hydrogen-bond donors (Lipinski definition) is 0. The maximum absolute atomic E-state index is 12.9. The van der Waals surface area contributed by atoms with Crippen LogP contribution in [0.2, 0.25) is 5.02 Å². The first kappa shape index (κ1) is 20.7. The summed E-state index contributed by atoms with van der Waals surface area (Å²) in [4.78, 5) is 31.7. The van der Waals surface area contributed by atoms with E-state index in [1.165, 1.54) is 4.90 Å². The summed E-state index contributed by atoms with van der Waals surface area (Å²) < 4.78 is 44.9. The predicted molar refractivity (Wildman–Crippen MR) is 95.5 cm³/mol. The lowest BCUT2D eigenvalue weighted by atomic mass is 10.2. The Kier molecular flexibility index (Phi) is 5.57. The number of rotatable bonds is 3. The van der Waals surface area contributed by atoms with Gasteiger partial charge in [0.05, 0.1) is 5.56 Å². The second-order valence-electron chi connectivity index (χ2n) is 6.37. The number of amides is 1. The highest BCUT2D eigenvalue weighted by Gasteiger charge is 2.32. The molecule has 2 aromatic heterocycles. The molecular formula is C17H15ClF3N5O3. The second-order valence-corrected chi connectivity index (χ2v) is 6.78. The minimum atomic E-state index is -4.69. The molecule has 3 heterocycles. The number of anilines is 1. The fraction of sp³-hybridized carbons (Fsp3) is 0.412. The number of aryl methyl sites for hydroxylation is 1. The summed E-state index contributed by atoms with van der Waals surface area (Å²) in [5.74, 6) is 0.144. The first-order chi connectivity index (χ1) is 13.6. The lowest BCUT2D eigenvalue weighted by Crippen LogP contribution is -2.50. The van der Waals surface area contributed by atoms with Crippen LogP contribution < -0.4 is 10.5 Å². The van der Waals surface area contributed by atoms with E-state index >= 15 is 0 Å². The molecule has 154 valence electrons. The number of oxazole rings is 1. The smallest absolute Gasteiger partial charge is 0.417 e. The van der Waals surface area contributed by atoms with Gasteiger partial charge in [0, 0.05) is 39.3 Å². The minimum absolute atomic E-state index is 0.146. The van der Waals surface area contributed by atoms with Crippen LogP contribution in [0, 0.1) is 18.3 Å². The molecule has 1 aliphatic rings. The Morgan fingerprint density at radius 1 is 1.34 bits per heavy atom.